The highest BCUT2D eigenvalue weighted by Gasteiger charge is 2.29. The molecule has 0 aliphatic carbocycles. The van der Waals surface area contributed by atoms with E-state index in [2.05, 4.69) is 10.3 Å². The summed E-state index contributed by atoms with van der Waals surface area (Å²) in [6.07, 6.45) is -1.10. The van der Waals surface area contributed by atoms with Gasteiger partial charge in [0.05, 0.1) is 18.3 Å². The molecule has 4 nitrogen and oxygen atoms in total. The van der Waals surface area contributed by atoms with E-state index in [1.165, 1.54) is 18.3 Å². The standard InChI is InChI=1S/C11H10F3N3O/c12-11(13,14)9-1-3-10(4-2-9)18-8-7-17-6-5-15-16-17/h1-6H,7-8H2. The molecule has 0 amide bonds. The van der Waals surface area contributed by atoms with Crippen LogP contribution in [0.3, 0.4) is 0 Å². The van der Waals surface area contributed by atoms with Crippen LogP contribution in [0.1, 0.15) is 5.56 Å². The van der Waals surface area contributed by atoms with Crippen LogP contribution in [0.15, 0.2) is 36.7 Å². The molecule has 0 radical (unpaired) electrons. The summed E-state index contributed by atoms with van der Waals surface area (Å²) in [5.41, 5.74) is -0.689. The van der Waals surface area contributed by atoms with Gasteiger partial charge in [0, 0.05) is 6.20 Å². The molecule has 0 saturated carbocycles. The molecule has 0 atom stereocenters. The van der Waals surface area contributed by atoms with Crippen LogP contribution in [0.4, 0.5) is 13.2 Å². The first kappa shape index (κ1) is 12.4. The van der Waals surface area contributed by atoms with Crippen LogP contribution in [-0.4, -0.2) is 21.6 Å². The zero-order valence-corrected chi connectivity index (χ0v) is 9.26. The van der Waals surface area contributed by atoms with E-state index in [4.69, 9.17) is 4.74 Å². The predicted molar refractivity (Wildman–Crippen MR) is 57.0 cm³/mol. The van der Waals surface area contributed by atoms with Crippen molar-refractivity contribution in [1.82, 2.24) is 15.0 Å². The Kier molecular flexibility index (Phi) is 3.50. The number of benzene rings is 1. The van der Waals surface area contributed by atoms with Crippen molar-refractivity contribution in [3.8, 4) is 5.75 Å². The van der Waals surface area contributed by atoms with Gasteiger partial charge >= 0.3 is 6.18 Å². The number of alkyl halides is 3. The minimum absolute atomic E-state index is 0.314. The van der Waals surface area contributed by atoms with Gasteiger partial charge in [-0.3, -0.25) is 0 Å². The van der Waals surface area contributed by atoms with Crippen molar-refractivity contribution in [3.05, 3.63) is 42.2 Å². The minimum Gasteiger partial charge on any atom is -0.492 e. The summed E-state index contributed by atoms with van der Waals surface area (Å²) in [7, 11) is 0. The lowest BCUT2D eigenvalue weighted by molar-refractivity contribution is -0.137. The molecule has 0 unspecified atom stereocenters. The first-order chi connectivity index (χ1) is 8.55. The molecule has 1 heterocycles. The number of ether oxygens (including phenoxy) is 1. The Balaban J connectivity index is 1.87. The molecule has 1 aromatic heterocycles. The zero-order valence-electron chi connectivity index (χ0n) is 9.26. The lowest BCUT2D eigenvalue weighted by Gasteiger charge is -2.09. The van der Waals surface area contributed by atoms with Gasteiger partial charge in [-0.15, -0.1) is 5.10 Å². The molecule has 2 rings (SSSR count). The molecule has 18 heavy (non-hydrogen) atoms. The SMILES string of the molecule is FC(F)(F)c1ccc(OCCn2ccnn2)cc1. The van der Waals surface area contributed by atoms with Crippen LogP contribution in [0.25, 0.3) is 0 Å². The van der Waals surface area contributed by atoms with Crippen LogP contribution in [0.5, 0.6) is 5.75 Å². The van der Waals surface area contributed by atoms with E-state index in [1.807, 2.05) is 0 Å². The second-order valence-corrected chi connectivity index (χ2v) is 3.54. The maximum atomic E-state index is 12.3. The molecule has 0 aliphatic rings. The molecule has 7 heteroatoms. The summed E-state index contributed by atoms with van der Waals surface area (Å²) in [5, 5.41) is 7.35. The number of nitrogens with zero attached hydrogens (tertiary/aromatic N) is 3. The molecule has 1 aromatic carbocycles. The molecule has 0 fully saturated rings. The van der Waals surface area contributed by atoms with Crippen LogP contribution in [0, 0.1) is 0 Å². The van der Waals surface area contributed by atoms with Crippen molar-refractivity contribution >= 4 is 0 Å². The van der Waals surface area contributed by atoms with Crippen LogP contribution in [-0.2, 0) is 12.7 Å². The number of hydrogen-bond acceptors (Lipinski definition) is 3. The van der Waals surface area contributed by atoms with Gasteiger partial charge in [0.2, 0.25) is 0 Å². The van der Waals surface area contributed by atoms with Crippen molar-refractivity contribution < 1.29 is 17.9 Å². The molecule has 0 N–H and O–H groups in total. The molecule has 0 spiro atoms. The third-order valence-corrected chi connectivity index (χ3v) is 2.24. The Hall–Kier alpha value is -2.05. The van der Waals surface area contributed by atoms with Crippen LogP contribution < -0.4 is 4.74 Å². The summed E-state index contributed by atoms with van der Waals surface area (Å²) in [5.74, 6) is 0.392. The van der Waals surface area contributed by atoms with E-state index in [9.17, 15) is 13.2 Å². The number of aromatic nitrogens is 3. The summed E-state index contributed by atoms with van der Waals surface area (Å²) in [6.45, 7) is 0.801. The monoisotopic (exact) mass is 257 g/mol. The van der Waals surface area contributed by atoms with Gasteiger partial charge in [0.15, 0.2) is 0 Å². The van der Waals surface area contributed by atoms with E-state index < -0.39 is 11.7 Å². The summed E-state index contributed by atoms with van der Waals surface area (Å²) < 4.78 is 43.8. The fourth-order valence-corrected chi connectivity index (χ4v) is 1.35. The van der Waals surface area contributed by atoms with Crippen molar-refractivity contribution in [2.75, 3.05) is 6.61 Å². The Labute approximate surface area is 101 Å². The molecule has 0 saturated heterocycles. The van der Waals surface area contributed by atoms with Gasteiger partial charge in [-0.05, 0) is 24.3 Å². The molecular formula is C11H10F3N3O. The van der Waals surface area contributed by atoms with Crippen molar-refractivity contribution in [3.63, 3.8) is 0 Å². The Morgan fingerprint density at radius 3 is 2.44 bits per heavy atom. The van der Waals surface area contributed by atoms with Gasteiger partial charge in [0.1, 0.15) is 12.4 Å². The van der Waals surface area contributed by atoms with E-state index in [0.29, 0.717) is 18.9 Å². The second kappa shape index (κ2) is 5.07. The smallest absolute Gasteiger partial charge is 0.416 e. The average molecular weight is 257 g/mol. The van der Waals surface area contributed by atoms with E-state index in [-0.39, 0.29) is 0 Å². The van der Waals surface area contributed by atoms with Gasteiger partial charge in [-0.25, -0.2) is 4.68 Å². The highest BCUT2D eigenvalue weighted by molar-refractivity contribution is 5.28. The van der Waals surface area contributed by atoms with Gasteiger partial charge < -0.3 is 4.74 Å². The fourth-order valence-electron chi connectivity index (χ4n) is 1.35. The van der Waals surface area contributed by atoms with Crippen molar-refractivity contribution in [2.45, 2.75) is 12.7 Å². The maximum absolute atomic E-state index is 12.3. The number of hydrogen-bond donors (Lipinski definition) is 0. The molecule has 0 bridgehead atoms. The third kappa shape index (κ3) is 3.22. The maximum Gasteiger partial charge on any atom is 0.416 e. The highest BCUT2D eigenvalue weighted by atomic mass is 19.4. The van der Waals surface area contributed by atoms with Crippen LogP contribution in [0.2, 0.25) is 0 Å². The average Bonchev–Trinajstić information content (AvgIpc) is 2.82. The van der Waals surface area contributed by atoms with E-state index in [1.54, 1.807) is 10.9 Å². The quantitative estimate of drug-likeness (QED) is 0.844. The second-order valence-electron chi connectivity index (χ2n) is 3.54. The Morgan fingerprint density at radius 1 is 1.17 bits per heavy atom. The lowest BCUT2D eigenvalue weighted by atomic mass is 10.2. The van der Waals surface area contributed by atoms with Crippen molar-refractivity contribution in [1.29, 1.82) is 0 Å². The molecule has 2 aromatic rings. The topological polar surface area (TPSA) is 39.9 Å². The first-order valence-corrected chi connectivity index (χ1v) is 5.20. The molecular weight excluding hydrogens is 247 g/mol. The number of halogens is 3. The van der Waals surface area contributed by atoms with Gasteiger partial charge in [-0.2, -0.15) is 13.2 Å². The molecule has 0 aliphatic heterocycles. The first-order valence-electron chi connectivity index (χ1n) is 5.20. The summed E-state index contributed by atoms with van der Waals surface area (Å²) in [4.78, 5) is 0. The van der Waals surface area contributed by atoms with E-state index in [0.717, 1.165) is 12.1 Å². The highest BCUT2D eigenvalue weighted by Crippen LogP contribution is 2.30. The normalized spacial score (nSPS) is 11.5. The Morgan fingerprint density at radius 2 is 1.89 bits per heavy atom. The summed E-state index contributed by atoms with van der Waals surface area (Å²) in [6, 6.07) is 4.57. The largest absolute Gasteiger partial charge is 0.492 e. The van der Waals surface area contributed by atoms with E-state index >= 15 is 0 Å². The zero-order chi connectivity index (χ0) is 13.0. The fraction of sp³-hybridized carbons (Fsp3) is 0.273. The lowest BCUT2D eigenvalue weighted by Crippen LogP contribution is -2.09. The van der Waals surface area contributed by atoms with Crippen molar-refractivity contribution in [2.24, 2.45) is 0 Å². The molecule has 96 valence electrons. The van der Waals surface area contributed by atoms with Gasteiger partial charge in [-0.1, -0.05) is 5.21 Å². The number of rotatable bonds is 4. The summed E-state index contributed by atoms with van der Waals surface area (Å²) >= 11 is 0. The minimum atomic E-state index is -4.32. The predicted octanol–water partition coefficient (Wildman–Crippen LogP) is 2.38. The van der Waals surface area contributed by atoms with Crippen LogP contribution >= 0.6 is 0 Å². The third-order valence-electron chi connectivity index (χ3n) is 2.24. The van der Waals surface area contributed by atoms with Gasteiger partial charge in [0.25, 0.3) is 0 Å². The Bertz CT molecular complexity index is 479.